The predicted octanol–water partition coefficient (Wildman–Crippen LogP) is 0.166. The summed E-state index contributed by atoms with van der Waals surface area (Å²) in [4.78, 5) is 0. The Morgan fingerprint density at radius 3 is 1.62 bits per heavy atom. The molecule has 0 atom stereocenters. The molecule has 2 N–H and O–H groups in total. The summed E-state index contributed by atoms with van der Waals surface area (Å²) in [5.74, 6) is 0. The second-order valence-electron chi connectivity index (χ2n) is 3.69. The van der Waals surface area contributed by atoms with E-state index in [2.05, 4.69) is 0 Å². The Morgan fingerprint density at radius 1 is 1.12 bits per heavy atom. The molecule has 0 radical (unpaired) electrons. The fourth-order valence-corrected chi connectivity index (χ4v) is 1.35. The summed E-state index contributed by atoms with van der Waals surface area (Å²) in [6.07, 6.45) is 2.51. The minimum absolute atomic E-state index is 0.0312. The molecule has 0 unspecified atom stereocenters. The highest BCUT2D eigenvalue weighted by Crippen LogP contribution is 2.03. The molecule has 16 heavy (non-hydrogen) atoms. The Balaban J connectivity index is 0. The first-order valence-corrected chi connectivity index (χ1v) is 7.10. The van der Waals surface area contributed by atoms with Gasteiger partial charge in [-0.25, -0.2) is 13.6 Å². The molecule has 0 heterocycles. The molecular weight excluding hydrogens is 234 g/mol. The SMILES string of the molecule is CCC[N+](O)(CCC)CCO.CS(=O)(=O)[O-]. The third kappa shape index (κ3) is 16.2. The molecule has 0 aliphatic carbocycles. The van der Waals surface area contributed by atoms with Gasteiger partial charge in [0.05, 0.1) is 16.7 Å². The summed E-state index contributed by atoms with van der Waals surface area (Å²) >= 11 is 0. The van der Waals surface area contributed by atoms with Gasteiger partial charge in [0, 0.05) is 6.26 Å². The highest BCUT2D eigenvalue weighted by atomic mass is 32.2. The van der Waals surface area contributed by atoms with Crippen LogP contribution in [0.4, 0.5) is 0 Å². The van der Waals surface area contributed by atoms with Gasteiger partial charge < -0.3 is 9.66 Å². The Morgan fingerprint density at radius 2 is 1.44 bits per heavy atom. The largest absolute Gasteiger partial charge is 0.748 e. The maximum atomic E-state index is 9.79. The van der Waals surface area contributed by atoms with Crippen molar-refractivity contribution in [3.63, 3.8) is 0 Å². The molecular formula is C9H23NO5S. The fourth-order valence-electron chi connectivity index (χ4n) is 1.35. The van der Waals surface area contributed by atoms with Gasteiger partial charge in [0.15, 0.2) is 0 Å². The lowest BCUT2D eigenvalue weighted by Crippen LogP contribution is -2.47. The van der Waals surface area contributed by atoms with Crippen molar-refractivity contribution in [3.05, 3.63) is 0 Å². The van der Waals surface area contributed by atoms with Crippen molar-refractivity contribution in [3.8, 4) is 0 Å². The summed E-state index contributed by atoms with van der Waals surface area (Å²) in [6, 6.07) is 0. The first-order valence-electron chi connectivity index (χ1n) is 5.29. The summed E-state index contributed by atoms with van der Waals surface area (Å²) in [7, 11) is -3.92. The standard InChI is InChI=1S/C8H20NO2.CH4O3S/c1-3-5-9(11,6-4-2)7-8-10;1-5(2,3)4/h10-11H,3-8H2,1-2H3;1H3,(H,2,3,4)/q+1;/p-1. The maximum Gasteiger partial charge on any atom is 0.132 e. The minimum Gasteiger partial charge on any atom is -0.748 e. The molecule has 0 aromatic heterocycles. The van der Waals surface area contributed by atoms with E-state index in [0.29, 0.717) is 12.8 Å². The van der Waals surface area contributed by atoms with Crippen molar-refractivity contribution in [1.82, 2.24) is 0 Å². The average molecular weight is 257 g/mol. The number of hydrogen-bond donors (Lipinski definition) is 2. The number of hydrogen-bond acceptors (Lipinski definition) is 5. The van der Waals surface area contributed by atoms with Gasteiger partial charge in [0.25, 0.3) is 0 Å². The van der Waals surface area contributed by atoms with E-state index >= 15 is 0 Å². The molecule has 0 aromatic carbocycles. The van der Waals surface area contributed by atoms with Crippen molar-refractivity contribution in [1.29, 1.82) is 0 Å². The number of aliphatic hydroxyl groups excluding tert-OH is 1. The van der Waals surface area contributed by atoms with Gasteiger partial charge in [-0.2, -0.15) is 4.65 Å². The third-order valence-corrected chi connectivity index (χ3v) is 1.80. The van der Waals surface area contributed by atoms with Crippen LogP contribution in [0.1, 0.15) is 26.7 Å². The Labute approximate surface area is 97.8 Å². The Kier molecular flexibility index (Phi) is 10.1. The van der Waals surface area contributed by atoms with Gasteiger partial charge in [0.2, 0.25) is 0 Å². The van der Waals surface area contributed by atoms with Crippen LogP contribution in [0.2, 0.25) is 0 Å². The van der Waals surface area contributed by atoms with Crippen LogP contribution in [-0.2, 0) is 10.1 Å². The van der Waals surface area contributed by atoms with Gasteiger partial charge in [-0.15, -0.1) is 0 Å². The van der Waals surface area contributed by atoms with Crippen LogP contribution in [0.15, 0.2) is 0 Å². The predicted molar refractivity (Wildman–Crippen MR) is 59.9 cm³/mol. The lowest BCUT2D eigenvalue weighted by Gasteiger charge is -2.28. The van der Waals surface area contributed by atoms with Crippen LogP contribution in [0.3, 0.4) is 0 Å². The summed E-state index contributed by atoms with van der Waals surface area (Å²) in [5.41, 5.74) is 0. The molecule has 0 rings (SSSR count). The molecule has 100 valence electrons. The first-order chi connectivity index (χ1) is 7.18. The van der Waals surface area contributed by atoms with Crippen LogP contribution in [0.25, 0.3) is 0 Å². The smallest absolute Gasteiger partial charge is 0.132 e. The zero-order valence-electron chi connectivity index (χ0n) is 10.2. The number of quaternary nitrogens is 1. The van der Waals surface area contributed by atoms with Crippen LogP contribution in [-0.4, -0.2) is 60.4 Å². The van der Waals surface area contributed by atoms with E-state index in [1.807, 2.05) is 13.8 Å². The van der Waals surface area contributed by atoms with Crippen LogP contribution >= 0.6 is 0 Å². The summed E-state index contributed by atoms with van der Waals surface area (Å²) < 4.78 is 27.3. The molecule has 0 amide bonds. The number of aliphatic hydroxyl groups is 1. The van der Waals surface area contributed by atoms with Gasteiger partial charge in [-0.1, -0.05) is 13.8 Å². The lowest BCUT2D eigenvalue weighted by molar-refractivity contribution is -1.10. The van der Waals surface area contributed by atoms with Crippen LogP contribution in [0.5, 0.6) is 0 Å². The quantitative estimate of drug-likeness (QED) is 0.401. The maximum absolute atomic E-state index is 9.79. The molecule has 0 spiro atoms. The zero-order valence-corrected chi connectivity index (χ0v) is 11.0. The van der Waals surface area contributed by atoms with E-state index in [1.165, 1.54) is 0 Å². The van der Waals surface area contributed by atoms with E-state index in [1.54, 1.807) is 0 Å². The average Bonchev–Trinajstić information content (AvgIpc) is 2.01. The van der Waals surface area contributed by atoms with Crippen molar-refractivity contribution < 1.29 is 27.9 Å². The third-order valence-electron chi connectivity index (χ3n) is 1.80. The number of hydroxylamine groups is 3. The first kappa shape index (κ1) is 18.2. The van der Waals surface area contributed by atoms with E-state index in [-0.39, 0.29) is 11.3 Å². The van der Waals surface area contributed by atoms with E-state index in [9.17, 15) is 5.21 Å². The Hall–Kier alpha value is -0.210. The van der Waals surface area contributed by atoms with Crippen molar-refractivity contribution in [2.24, 2.45) is 0 Å². The molecule has 0 saturated heterocycles. The second kappa shape index (κ2) is 8.89. The summed E-state index contributed by atoms with van der Waals surface area (Å²) in [5, 5.41) is 18.5. The molecule has 0 fully saturated rings. The van der Waals surface area contributed by atoms with E-state index in [4.69, 9.17) is 18.1 Å². The molecule has 0 saturated carbocycles. The topological polar surface area (TPSA) is 97.7 Å². The van der Waals surface area contributed by atoms with Gasteiger partial charge in [-0.05, 0) is 12.8 Å². The minimum atomic E-state index is -3.92. The monoisotopic (exact) mass is 257 g/mol. The number of rotatable bonds is 6. The fraction of sp³-hybridized carbons (Fsp3) is 1.00. The Bertz CT molecular complexity index is 228. The van der Waals surface area contributed by atoms with Crippen molar-refractivity contribution >= 4 is 10.1 Å². The van der Waals surface area contributed by atoms with Gasteiger partial charge >= 0.3 is 0 Å². The highest BCUT2D eigenvalue weighted by Gasteiger charge is 2.21. The molecule has 0 bridgehead atoms. The molecule has 0 aliphatic rings. The molecule has 0 aliphatic heterocycles. The summed E-state index contributed by atoms with van der Waals surface area (Å²) in [6.45, 7) is 6.09. The van der Waals surface area contributed by atoms with E-state index in [0.717, 1.165) is 25.9 Å². The molecule has 0 aromatic rings. The van der Waals surface area contributed by atoms with E-state index < -0.39 is 10.1 Å². The highest BCUT2D eigenvalue weighted by molar-refractivity contribution is 7.84. The lowest BCUT2D eigenvalue weighted by atomic mass is 10.3. The number of nitrogens with zero attached hydrogens (tertiary/aromatic N) is 1. The molecule has 6 nitrogen and oxygen atoms in total. The van der Waals surface area contributed by atoms with Crippen molar-refractivity contribution in [2.75, 3.05) is 32.5 Å². The van der Waals surface area contributed by atoms with Crippen LogP contribution in [0, 0.1) is 0 Å². The van der Waals surface area contributed by atoms with Gasteiger partial charge in [-0.3, -0.25) is 0 Å². The normalized spacial score (nSPS) is 11.9. The zero-order chi connectivity index (χ0) is 13.2. The van der Waals surface area contributed by atoms with Gasteiger partial charge in [0.1, 0.15) is 19.6 Å². The molecule has 7 heteroatoms. The van der Waals surface area contributed by atoms with Crippen LogP contribution < -0.4 is 0 Å². The second-order valence-corrected chi connectivity index (χ2v) is 5.10. The van der Waals surface area contributed by atoms with Crippen molar-refractivity contribution in [2.45, 2.75) is 26.7 Å².